The first kappa shape index (κ1) is 50.0. The minimum Gasteiger partial charge on any atom is -0.507 e. The van der Waals surface area contributed by atoms with Crippen molar-refractivity contribution in [3.8, 4) is 56.0 Å². The Labute approximate surface area is 436 Å². The molecule has 0 saturated heterocycles. The Hall–Kier alpha value is -4.85. The van der Waals surface area contributed by atoms with Gasteiger partial charge >= 0.3 is 7.12 Å². The van der Waals surface area contributed by atoms with E-state index < -0.39 is 7.12 Å². The quantitative estimate of drug-likeness (QED) is 0.129. The van der Waals surface area contributed by atoms with E-state index in [-0.39, 0.29) is 11.5 Å². The van der Waals surface area contributed by atoms with E-state index >= 15 is 0 Å². The molecule has 10 rings (SSSR count). The summed E-state index contributed by atoms with van der Waals surface area (Å²) < 4.78 is 9.53. The molecule has 9 aromatic carbocycles. The van der Waals surface area contributed by atoms with Gasteiger partial charge in [-0.3, -0.25) is 0 Å². The molecule has 0 bridgehead atoms. The van der Waals surface area contributed by atoms with Gasteiger partial charge in [-0.2, -0.15) is 0 Å². The monoisotopic (exact) mass is 1200 g/mol. The number of halogens is 7. The van der Waals surface area contributed by atoms with E-state index in [0.29, 0.717) is 25.0 Å². The molecule has 67 heavy (non-hydrogen) atoms. The van der Waals surface area contributed by atoms with Crippen molar-refractivity contribution in [2.24, 2.45) is 0 Å². The van der Waals surface area contributed by atoms with E-state index in [9.17, 15) is 10.2 Å². The summed E-state index contributed by atoms with van der Waals surface area (Å²) in [5, 5.41) is 41.6. The predicted octanol–water partition coefficient (Wildman–Crippen LogP) is 17.4. The molecule has 1 heterocycles. The van der Waals surface area contributed by atoms with Crippen LogP contribution in [0.4, 0.5) is 0 Å². The third-order valence-electron chi connectivity index (χ3n) is 10.2. The van der Waals surface area contributed by atoms with Crippen LogP contribution < -0.4 is 5.46 Å². The number of rotatable bonds is 5. The van der Waals surface area contributed by atoms with E-state index in [4.69, 9.17) is 49.3 Å². The maximum Gasteiger partial charge on any atom is 0.488 e. The van der Waals surface area contributed by atoms with Crippen molar-refractivity contribution in [3.63, 3.8) is 0 Å². The zero-order valence-electron chi connectivity index (χ0n) is 34.9. The molecule has 0 radical (unpaired) electrons. The van der Waals surface area contributed by atoms with Crippen LogP contribution in [0.25, 0.3) is 66.4 Å². The van der Waals surface area contributed by atoms with Crippen LogP contribution in [0.5, 0.6) is 11.5 Å². The number of hydrogen-bond acceptors (Lipinski definition) is 5. The van der Waals surface area contributed by atoms with Crippen LogP contribution >= 0.6 is 98.5 Å². The van der Waals surface area contributed by atoms with E-state index in [1.165, 1.54) is 0 Å². The fraction of sp³-hybridized carbons (Fsp3) is 0. The van der Waals surface area contributed by atoms with Gasteiger partial charge in [0, 0.05) is 45.4 Å². The molecule has 0 amide bonds. The van der Waals surface area contributed by atoms with Crippen molar-refractivity contribution in [3.05, 3.63) is 227 Å². The summed E-state index contributed by atoms with van der Waals surface area (Å²) in [6.07, 6.45) is 0. The molecule has 0 aliphatic carbocycles. The van der Waals surface area contributed by atoms with Crippen molar-refractivity contribution in [1.29, 1.82) is 0 Å². The van der Waals surface area contributed by atoms with Gasteiger partial charge in [0.05, 0.1) is 9.50 Å². The normalized spacial score (nSPS) is 10.6. The van der Waals surface area contributed by atoms with Crippen LogP contribution in [0.2, 0.25) is 15.1 Å². The second kappa shape index (κ2) is 23.4. The van der Waals surface area contributed by atoms with Crippen LogP contribution in [0.3, 0.4) is 0 Å². The smallest absolute Gasteiger partial charge is 0.488 e. The van der Waals surface area contributed by atoms with Crippen molar-refractivity contribution >= 4 is 133 Å². The second-order valence-corrected chi connectivity index (χ2v) is 19.6. The number of benzene rings is 9. The van der Waals surface area contributed by atoms with E-state index in [1.54, 1.807) is 36.4 Å². The molecule has 13 heteroatoms. The molecule has 1 aromatic heterocycles. The number of phenolic OH excluding ortho intramolecular Hbond substituents is 2. The molecule has 0 saturated carbocycles. The highest BCUT2D eigenvalue weighted by molar-refractivity contribution is 9.11. The molecular weight excluding hydrogens is 1170 g/mol. The average Bonchev–Trinajstić information content (AvgIpc) is 3.70. The van der Waals surface area contributed by atoms with Gasteiger partial charge in [0.1, 0.15) is 17.1 Å². The van der Waals surface area contributed by atoms with E-state index in [1.807, 2.05) is 127 Å². The van der Waals surface area contributed by atoms with Crippen LogP contribution in [0.15, 0.2) is 216 Å². The third-order valence-corrected chi connectivity index (χ3v) is 13.1. The average molecular weight is 1200 g/mol. The van der Waals surface area contributed by atoms with Crippen molar-refractivity contribution in [1.82, 2.24) is 0 Å². The summed E-state index contributed by atoms with van der Waals surface area (Å²) in [4.78, 5) is 0. The van der Waals surface area contributed by atoms with Gasteiger partial charge in [0.15, 0.2) is 5.58 Å². The summed E-state index contributed by atoms with van der Waals surface area (Å²) in [6.45, 7) is 0. The number of para-hydroxylation sites is 2. The van der Waals surface area contributed by atoms with Gasteiger partial charge < -0.3 is 24.7 Å². The Morgan fingerprint density at radius 1 is 0.418 bits per heavy atom. The van der Waals surface area contributed by atoms with Gasteiger partial charge in [0.2, 0.25) is 0 Å². The lowest BCUT2D eigenvalue weighted by atomic mass is 9.81. The third kappa shape index (κ3) is 13.2. The summed E-state index contributed by atoms with van der Waals surface area (Å²) in [7, 11) is -1.38. The van der Waals surface area contributed by atoms with Crippen molar-refractivity contribution < 1.29 is 24.7 Å². The number of fused-ring (bicyclic) bond motifs is 3. The molecule has 4 N–H and O–H groups in total. The molecule has 5 nitrogen and oxygen atoms in total. The van der Waals surface area contributed by atoms with E-state index in [0.717, 1.165) is 79.9 Å². The van der Waals surface area contributed by atoms with Gasteiger partial charge in [-0.1, -0.05) is 186 Å². The summed E-state index contributed by atoms with van der Waals surface area (Å²) in [5.41, 5.74) is 9.75. The molecule has 0 aliphatic heterocycles. The number of phenols is 2. The maximum atomic E-state index is 10.3. The standard InChI is InChI=1S/C18H10BrClO.C18H12BrClO.C12H8BrClO.C6H6BBrO2/c19-13-4-1-3-11(9-13)12-7-8-14-15-5-2-6-16(20)18(15)21-17(14)10-12;19-15-5-1-3-12(9-15)13-7-8-17(18(21)11-13)14-4-2-6-16(20)10-14;13-11-6-2-5-10(12(11)15)8-3-1-4-9(14)7-8;8-6-3-1-2-5(4-6)7(9)10/h1-10H;1-11,21H;1-7,15H;1-4,9-10H. The SMILES string of the molecule is Clc1cccc2c1oc1cc(-c3cccc(Br)c3)ccc12.OB(O)c1cccc(Br)c1.Oc1c(Br)cccc1-c1cccc(Cl)c1.Oc1cc(-c2cccc(Br)c2)ccc1-c1cccc(Cl)c1. The van der Waals surface area contributed by atoms with Gasteiger partial charge in [-0.25, -0.2) is 0 Å². The molecule has 0 spiro atoms. The highest BCUT2D eigenvalue weighted by atomic mass is 79.9. The van der Waals surface area contributed by atoms with E-state index in [2.05, 4.69) is 94.1 Å². The lowest BCUT2D eigenvalue weighted by Gasteiger charge is -2.08. The lowest BCUT2D eigenvalue weighted by molar-refractivity contribution is 0.425. The van der Waals surface area contributed by atoms with Gasteiger partial charge in [-0.15, -0.1) is 0 Å². The minimum atomic E-state index is -1.38. The number of aromatic hydroxyl groups is 2. The Bertz CT molecular complexity index is 3330. The molecule has 0 aliphatic rings. The van der Waals surface area contributed by atoms with Crippen molar-refractivity contribution in [2.45, 2.75) is 0 Å². The summed E-state index contributed by atoms with van der Waals surface area (Å²) >= 11 is 31.6. The van der Waals surface area contributed by atoms with Crippen LogP contribution in [-0.2, 0) is 0 Å². The topological polar surface area (TPSA) is 94.1 Å². The van der Waals surface area contributed by atoms with Crippen LogP contribution in [0, 0.1) is 0 Å². The molecule has 0 atom stereocenters. The Kier molecular flexibility index (Phi) is 17.5. The fourth-order valence-corrected chi connectivity index (χ4v) is 9.14. The first-order chi connectivity index (χ1) is 32.2. The molecule has 0 unspecified atom stereocenters. The van der Waals surface area contributed by atoms with Crippen molar-refractivity contribution in [2.75, 3.05) is 0 Å². The Morgan fingerprint density at radius 3 is 1.49 bits per heavy atom. The zero-order chi connectivity index (χ0) is 47.6. The minimum absolute atomic E-state index is 0.236. The van der Waals surface area contributed by atoms with Gasteiger partial charge in [0.25, 0.3) is 0 Å². The zero-order valence-corrected chi connectivity index (χ0v) is 43.5. The maximum absolute atomic E-state index is 10.3. The number of furan rings is 1. The Balaban J connectivity index is 0.000000137. The Morgan fingerprint density at radius 2 is 0.925 bits per heavy atom. The highest BCUT2D eigenvalue weighted by Crippen LogP contribution is 2.38. The van der Waals surface area contributed by atoms with Crippen LogP contribution in [-0.4, -0.2) is 27.4 Å². The largest absolute Gasteiger partial charge is 0.507 e. The number of hydrogen-bond donors (Lipinski definition) is 4. The first-order valence-electron chi connectivity index (χ1n) is 20.3. The highest BCUT2D eigenvalue weighted by Gasteiger charge is 2.12. The van der Waals surface area contributed by atoms with Crippen LogP contribution in [0.1, 0.15) is 0 Å². The molecular formula is C54H36BBr4Cl3O5. The summed E-state index contributed by atoms with van der Waals surface area (Å²) in [5.74, 6) is 0.481. The molecule has 10 aromatic rings. The lowest BCUT2D eigenvalue weighted by Crippen LogP contribution is -2.29. The van der Waals surface area contributed by atoms with Gasteiger partial charge in [-0.05, 0) is 146 Å². The summed E-state index contributed by atoms with van der Waals surface area (Å²) in [6, 6.07) is 61.3. The molecule has 334 valence electrons. The molecule has 0 fully saturated rings. The first-order valence-corrected chi connectivity index (χ1v) is 24.6. The predicted molar refractivity (Wildman–Crippen MR) is 294 cm³/mol. The fourth-order valence-electron chi connectivity index (χ4n) is 6.96. The second-order valence-electron chi connectivity index (χ2n) is 14.8.